The standard InChI is InChI=1S/C9H10N2O/c1-6-9(11-10)7-4-2-3-5-8(7)12-6/h2-5,11H,10H2,1H3. The van der Waals surface area contributed by atoms with Gasteiger partial charge in [-0.2, -0.15) is 0 Å². The predicted molar refractivity (Wildman–Crippen MR) is 48.8 cm³/mol. The molecule has 1 heterocycles. The summed E-state index contributed by atoms with van der Waals surface area (Å²) < 4.78 is 5.45. The van der Waals surface area contributed by atoms with E-state index in [9.17, 15) is 0 Å². The number of nitrogens with two attached hydrogens (primary N) is 1. The zero-order valence-corrected chi connectivity index (χ0v) is 6.79. The highest BCUT2D eigenvalue weighted by atomic mass is 16.3. The van der Waals surface area contributed by atoms with Crippen molar-refractivity contribution in [2.45, 2.75) is 6.92 Å². The van der Waals surface area contributed by atoms with Crippen molar-refractivity contribution in [2.24, 2.45) is 5.84 Å². The third-order valence-corrected chi connectivity index (χ3v) is 1.92. The number of fused-ring (bicyclic) bond motifs is 1. The van der Waals surface area contributed by atoms with Crippen molar-refractivity contribution < 1.29 is 4.42 Å². The van der Waals surface area contributed by atoms with Crippen molar-refractivity contribution in [3.05, 3.63) is 30.0 Å². The minimum absolute atomic E-state index is 0.818. The van der Waals surface area contributed by atoms with E-state index < -0.39 is 0 Å². The second-order valence-corrected chi connectivity index (χ2v) is 2.67. The van der Waals surface area contributed by atoms with Gasteiger partial charge in [0.2, 0.25) is 0 Å². The van der Waals surface area contributed by atoms with Crippen molar-refractivity contribution in [1.82, 2.24) is 0 Å². The van der Waals surface area contributed by atoms with Crippen LogP contribution in [0.1, 0.15) is 5.76 Å². The lowest BCUT2D eigenvalue weighted by Crippen LogP contribution is -2.06. The van der Waals surface area contributed by atoms with E-state index in [2.05, 4.69) is 5.43 Å². The molecule has 0 fully saturated rings. The number of hydrazine groups is 1. The molecule has 62 valence electrons. The van der Waals surface area contributed by atoms with E-state index in [1.54, 1.807) is 0 Å². The summed E-state index contributed by atoms with van der Waals surface area (Å²) in [6.07, 6.45) is 0. The molecule has 12 heavy (non-hydrogen) atoms. The monoisotopic (exact) mass is 162 g/mol. The fourth-order valence-electron chi connectivity index (χ4n) is 1.35. The Balaban J connectivity index is 2.81. The van der Waals surface area contributed by atoms with Gasteiger partial charge in [0.25, 0.3) is 0 Å². The van der Waals surface area contributed by atoms with Crippen molar-refractivity contribution in [3.8, 4) is 0 Å². The molecule has 0 aliphatic rings. The molecule has 0 unspecified atom stereocenters. The lowest BCUT2D eigenvalue weighted by Gasteiger charge is -1.94. The number of nitrogen functional groups attached to an aromatic ring is 1. The summed E-state index contributed by atoms with van der Waals surface area (Å²) in [7, 11) is 0. The molecular formula is C9H10N2O. The van der Waals surface area contributed by atoms with E-state index in [1.165, 1.54) is 0 Å². The van der Waals surface area contributed by atoms with Gasteiger partial charge in [-0.1, -0.05) is 12.1 Å². The number of rotatable bonds is 1. The van der Waals surface area contributed by atoms with E-state index in [0.717, 1.165) is 22.4 Å². The number of para-hydroxylation sites is 1. The summed E-state index contributed by atoms with van der Waals surface area (Å²) in [5.74, 6) is 6.17. The van der Waals surface area contributed by atoms with Gasteiger partial charge in [0, 0.05) is 5.39 Å². The molecule has 0 bridgehead atoms. The van der Waals surface area contributed by atoms with E-state index >= 15 is 0 Å². The molecule has 1 aromatic carbocycles. The highest BCUT2D eigenvalue weighted by Gasteiger charge is 2.07. The number of hydrogen-bond donors (Lipinski definition) is 2. The van der Waals surface area contributed by atoms with E-state index in [1.807, 2.05) is 31.2 Å². The van der Waals surface area contributed by atoms with E-state index in [4.69, 9.17) is 10.3 Å². The SMILES string of the molecule is Cc1oc2ccccc2c1NN. The van der Waals surface area contributed by atoms with Crippen LogP contribution < -0.4 is 11.3 Å². The molecule has 0 radical (unpaired) electrons. The zero-order chi connectivity index (χ0) is 8.55. The first-order valence-electron chi connectivity index (χ1n) is 3.77. The summed E-state index contributed by atoms with van der Waals surface area (Å²) >= 11 is 0. The van der Waals surface area contributed by atoms with Gasteiger partial charge in [0.1, 0.15) is 11.3 Å². The molecule has 0 atom stereocenters. The molecule has 2 rings (SSSR count). The number of benzene rings is 1. The maximum absolute atomic E-state index is 5.45. The molecule has 3 N–H and O–H groups in total. The van der Waals surface area contributed by atoms with Crippen LogP contribution in [-0.4, -0.2) is 0 Å². The summed E-state index contributed by atoms with van der Waals surface area (Å²) in [6.45, 7) is 1.88. The van der Waals surface area contributed by atoms with Crippen LogP contribution >= 0.6 is 0 Å². The van der Waals surface area contributed by atoms with Gasteiger partial charge < -0.3 is 9.84 Å². The smallest absolute Gasteiger partial charge is 0.136 e. The Morgan fingerprint density at radius 1 is 1.33 bits per heavy atom. The fraction of sp³-hybridized carbons (Fsp3) is 0.111. The van der Waals surface area contributed by atoms with Crippen molar-refractivity contribution >= 4 is 16.7 Å². The predicted octanol–water partition coefficient (Wildman–Crippen LogP) is 2.03. The molecule has 1 aromatic heterocycles. The number of nitrogens with one attached hydrogen (secondary N) is 1. The summed E-state index contributed by atoms with van der Waals surface area (Å²) in [5.41, 5.74) is 4.35. The number of furan rings is 1. The molecule has 0 spiro atoms. The quantitative estimate of drug-likeness (QED) is 0.498. The first kappa shape index (κ1) is 7.18. The average molecular weight is 162 g/mol. The second kappa shape index (κ2) is 2.53. The minimum Gasteiger partial charge on any atom is -0.459 e. The van der Waals surface area contributed by atoms with Crippen LogP contribution in [0.4, 0.5) is 5.69 Å². The summed E-state index contributed by atoms with van der Waals surface area (Å²) in [6, 6.07) is 7.79. The van der Waals surface area contributed by atoms with Crippen LogP contribution in [0.2, 0.25) is 0 Å². The van der Waals surface area contributed by atoms with Gasteiger partial charge in [0.15, 0.2) is 0 Å². The minimum atomic E-state index is 0.818. The number of aryl methyl sites for hydroxylation is 1. The highest BCUT2D eigenvalue weighted by Crippen LogP contribution is 2.28. The first-order chi connectivity index (χ1) is 5.83. The summed E-state index contributed by atoms with van der Waals surface area (Å²) in [5, 5.41) is 1.03. The van der Waals surface area contributed by atoms with Crippen LogP contribution in [-0.2, 0) is 0 Å². The van der Waals surface area contributed by atoms with Gasteiger partial charge in [-0.3, -0.25) is 5.84 Å². The Morgan fingerprint density at radius 3 is 2.83 bits per heavy atom. The third-order valence-electron chi connectivity index (χ3n) is 1.92. The van der Waals surface area contributed by atoms with Gasteiger partial charge >= 0.3 is 0 Å². The molecule has 0 saturated heterocycles. The maximum Gasteiger partial charge on any atom is 0.136 e. The lowest BCUT2D eigenvalue weighted by molar-refractivity contribution is 0.580. The Morgan fingerprint density at radius 2 is 2.08 bits per heavy atom. The third kappa shape index (κ3) is 0.871. The van der Waals surface area contributed by atoms with E-state index in [0.29, 0.717) is 0 Å². The molecule has 0 saturated carbocycles. The number of anilines is 1. The van der Waals surface area contributed by atoms with Gasteiger partial charge in [-0.05, 0) is 19.1 Å². The normalized spacial score (nSPS) is 10.5. The molecular weight excluding hydrogens is 152 g/mol. The van der Waals surface area contributed by atoms with Crippen molar-refractivity contribution in [1.29, 1.82) is 0 Å². The average Bonchev–Trinajstić information content (AvgIpc) is 2.40. The molecule has 0 aliphatic heterocycles. The van der Waals surface area contributed by atoms with Gasteiger partial charge in [-0.15, -0.1) is 0 Å². The van der Waals surface area contributed by atoms with Crippen LogP contribution in [0.25, 0.3) is 11.0 Å². The van der Waals surface area contributed by atoms with Crippen LogP contribution in [0.5, 0.6) is 0 Å². The molecule has 0 amide bonds. The Kier molecular flexibility index (Phi) is 1.52. The van der Waals surface area contributed by atoms with Gasteiger partial charge in [0.05, 0.1) is 5.69 Å². The van der Waals surface area contributed by atoms with Crippen LogP contribution in [0.15, 0.2) is 28.7 Å². The molecule has 3 nitrogen and oxygen atoms in total. The Hall–Kier alpha value is -1.48. The topological polar surface area (TPSA) is 51.2 Å². The molecule has 2 aromatic rings. The Labute approximate surface area is 70.1 Å². The maximum atomic E-state index is 5.45. The summed E-state index contributed by atoms with van der Waals surface area (Å²) in [4.78, 5) is 0. The zero-order valence-electron chi connectivity index (χ0n) is 6.79. The highest BCUT2D eigenvalue weighted by molar-refractivity contribution is 5.91. The molecule has 0 aliphatic carbocycles. The van der Waals surface area contributed by atoms with Crippen LogP contribution in [0.3, 0.4) is 0 Å². The first-order valence-corrected chi connectivity index (χ1v) is 3.77. The van der Waals surface area contributed by atoms with Gasteiger partial charge in [-0.25, -0.2) is 0 Å². The van der Waals surface area contributed by atoms with E-state index in [-0.39, 0.29) is 0 Å². The number of hydrogen-bond acceptors (Lipinski definition) is 3. The largest absolute Gasteiger partial charge is 0.459 e. The second-order valence-electron chi connectivity index (χ2n) is 2.67. The molecule has 3 heteroatoms. The van der Waals surface area contributed by atoms with Crippen molar-refractivity contribution in [3.63, 3.8) is 0 Å². The van der Waals surface area contributed by atoms with Crippen molar-refractivity contribution in [2.75, 3.05) is 5.43 Å². The Bertz CT molecular complexity index is 406. The fourth-order valence-corrected chi connectivity index (χ4v) is 1.35. The van der Waals surface area contributed by atoms with Crippen LogP contribution in [0, 0.1) is 6.92 Å². The lowest BCUT2D eigenvalue weighted by atomic mass is 10.2.